The highest BCUT2D eigenvalue weighted by Gasteiger charge is 2.00. The summed E-state index contributed by atoms with van der Waals surface area (Å²) in [4.78, 5) is 0. The lowest BCUT2D eigenvalue weighted by Gasteiger charge is -2.02. The van der Waals surface area contributed by atoms with E-state index >= 15 is 0 Å². The molecule has 82 valence electrons. The minimum Gasteiger partial charge on any atom is -0.504 e. The van der Waals surface area contributed by atoms with Crippen molar-refractivity contribution in [2.45, 2.75) is 6.42 Å². The molecule has 0 radical (unpaired) electrons. The summed E-state index contributed by atoms with van der Waals surface area (Å²) in [6.45, 7) is 3.64. The fourth-order valence-corrected chi connectivity index (χ4v) is 2.85. The van der Waals surface area contributed by atoms with Gasteiger partial charge in [0.05, 0.1) is 0 Å². The Morgan fingerprint density at radius 3 is 2.67 bits per heavy atom. The van der Waals surface area contributed by atoms with E-state index in [9.17, 15) is 5.11 Å². The molecular formula is C11H14O2S2. The molecule has 0 saturated carbocycles. The molecule has 0 aliphatic heterocycles. The number of aromatic hydroxyl groups is 2. The molecule has 1 aromatic rings. The average molecular weight is 242 g/mol. The van der Waals surface area contributed by atoms with E-state index < -0.39 is 0 Å². The molecule has 0 fully saturated rings. The molecule has 0 atom stereocenters. The van der Waals surface area contributed by atoms with Gasteiger partial charge in [-0.15, -0.1) is 6.58 Å². The number of phenols is 2. The highest BCUT2D eigenvalue weighted by Crippen LogP contribution is 2.27. The number of hydrogen-bond donors (Lipinski definition) is 2. The second-order valence-electron chi connectivity index (χ2n) is 2.97. The quantitative estimate of drug-likeness (QED) is 0.348. The van der Waals surface area contributed by atoms with Crippen molar-refractivity contribution < 1.29 is 10.2 Å². The summed E-state index contributed by atoms with van der Waals surface area (Å²) in [5, 5.41) is 18.4. The Kier molecular flexibility index (Phi) is 5.50. The second kappa shape index (κ2) is 6.69. The lowest BCUT2D eigenvalue weighted by atomic mass is 10.1. The van der Waals surface area contributed by atoms with E-state index in [1.807, 2.05) is 12.1 Å². The lowest BCUT2D eigenvalue weighted by molar-refractivity contribution is 0.403. The smallest absolute Gasteiger partial charge is 0.157 e. The van der Waals surface area contributed by atoms with Gasteiger partial charge in [-0.3, -0.25) is 0 Å². The Morgan fingerprint density at radius 2 is 2.00 bits per heavy atom. The van der Waals surface area contributed by atoms with Crippen molar-refractivity contribution in [2.75, 3.05) is 11.5 Å². The van der Waals surface area contributed by atoms with Gasteiger partial charge >= 0.3 is 0 Å². The Balaban J connectivity index is 2.31. The minimum atomic E-state index is -0.0626. The topological polar surface area (TPSA) is 40.5 Å². The zero-order valence-corrected chi connectivity index (χ0v) is 9.98. The van der Waals surface area contributed by atoms with E-state index in [1.54, 1.807) is 27.7 Å². The zero-order chi connectivity index (χ0) is 11.1. The van der Waals surface area contributed by atoms with E-state index in [0.717, 1.165) is 23.5 Å². The van der Waals surface area contributed by atoms with Gasteiger partial charge in [-0.25, -0.2) is 0 Å². The lowest BCUT2D eigenvalue weighted by Crippen LogP contribution is -1.86. The molecule has 1 rings (SSSR count). The molecule has 0 bridgehead atoms. The maximum Gasteiger partial charge on any atom is 0.157 e. The minimum absolute atomic E-state index is 0.0451. The van der Waals surface area contributed by atoms with Crippen LogP contribution in [0.1, 0.15) is 5.56 Å². The van der Waals surface area contributed by atoms with Crippen LogP contribution in [0.5, 0.6) is 11.5 Å². The van der Waals surface area contributed by atoms with Crippen LogP contribution in [-0.2, 0) is 6.42 Å². The molecule has 0 heterocycles. The van der Waals surface area contributed by atoms with E-state index in [-0.39, 0.29) is 11.5 Å². The molecule has 0 aliphatic rings. The predicted molar refractivity (Wildman–Crippen MR) is 68.6 cm³/mol. The van der Waals surface area contributed by atoms with Gasteiger partial charge in [-0.1, -0.05) is 33.7 Å². The third kappa shape index (κ3) is 4.53. The molecule has 0 spiro atoms. The predicted octanol–water partition coefficient (Wildman–Crippen LogP) is 3.21. The third-order valence-corrected chi connectivity index (χ3v) is 4.10. The van der Waals surface area contributed by atoms with Crippen LogP contribution in [0.15, 0.2) is 30.9 Å². The maximum atomic E-state index is 9.27. The molecule has 0 unspecified atom stereocenters. The van der Waals surface area contributed by atoms with Crippen LogP contribution in [0.3, 0.4) is 0 Å². The van der Waals surface area contributed by atoms with E-state index in [1.165, 1.54) is 6.07 Å². The maximum absolute atomic E-state index is 9.27. The van der Waals surface area contributed by atoms with Gasteiger partial charge in [0.25, 0.3) is 0 Å². The molecule has 0 aliphatic carbocycles. The van der Waals surface area contributed by atoms with Gasteiger partial charge in [0.15, 0.2) is 11.5 Å². The number of phenolic OH excluding ortho intramolecular Hbond substituents is 2. The largest absolute Gasteiger partial charge is 0.504 e. The number of rotatable bonds is 6. The summed E-state index contributed by atoms with van der Waals surface area (Å²) in [5.74, 6) is 1.83. The summed E-state index contributed by atoms with van der Waals surface area (Å²) in [5.41, 5.74) is 1.04. The third-order valence-electron chi connectivity index (χ3n) is 1.78. The zero-order valence-electron chi connectivity index (χ0n) is 8.35. The van der Waals surface area contributed by atoms with Crippen LogP contribution < -0.4 is 0 Å². The van der Waals surface area contributed by atoms with Crippen molar-refractivity contribution in [3.05, 3.63) is 36.4 Å². The van der Waals surface area contributed by atoms with Crippen LogP contribution in [0.4, 0.5) is 0 Å². The van der Waals surface area contributed by atoms with Gasteiger partial charge in [-0.05, 0) is 24.1 Å². The molecule has 0 aromatic heterocycles. The molecule has 2 nitrogen and oxygen atoms in total. The molecule has 2 N–H and O–H groups in total. The van der Waals surface area contributed by atoms with Crippen LogP contribution in [0.2, 0.25) is 0 Å². The molecule has 0 amide bonds. The number of aryl methyl sites for hydroxylation is 1. The van der Waals surface area contributed by atoms with Crippen LogP contribution in [0.25, 0.3) is 0 Å². The van der Waals surface area contributed by atoms with Gasteiger partial charge in [-0.2, -0.15) is 0 Å². The van der Waals surface area contributed by atoms with Gasteiger partial charge in [0, 0.05) is 11.5 Å². The Bertz CT molecular complexity index is 326. The summed E-state index contributed by atoms with van der Waals surface area (Å²) in [6, 6.07) is 4.95. The highest BCUT2D eigenvalue weighted by atomic mass is 33.1. The molecule has 4 heteroatoms. The first kappa shape index (κ1) is 12.3. The fraction of sp³-hybridized carbons (Fsp3) is 0.273. The summed E-state index contributed by atoms with van der Waals surface area (Å²) in [7, 11) is 3.55. The van der Waals surface area contributed by atoms with E-state index in [0.29, 0.717) is 0 Å². The Labute approximate surface area is 97.8 Å². The molecular weight excluding hydrogens is 228 g/mol. The molecule has 15 heavy (non-hydrogen) atoms. The van der Waals surface area contributed by atoms with Gasteiger partial charge < -0.3 is 10.2 Å². The van der Waals surface area contributed by atoms with Crippen LogP contribution in [0, 0.1) is 0 Å². The molecule has 0 saturated heterocycles. The highest BCUT2D eigenvalue weighted by molar-refractivity contribution is 8.76. The normalized spacial score (nSPS) is 10.1. The first-order valence-electron chi connectivity index (χ1n) is 4.60. The summed E-state index contributed by atoms with van der Waals surface area (Å²) < 4.78 is 0. The van der Waals surface area contributed by atoms with Crippen LogP contribution >= 0.6 is 21.6 Å². The summed E-state index contributed by atoms with van der Waals surface area (Å²) >= 11 is 0. The first-order valence-corrected chi connectivity index (χ1v) is 7.09. The van der Waals surface area contributed by atoms with E-state index in [2.05, 4.69) is 6.58 Å². The SMILES string of the molecule is C=CCSSCCc1ccc(O)c(O)c1. The fourth-order valence-electron chi connectivity index (χ4n) is 1.04. The number of benzene rings is 1. The van der Waals surface area contributed by atoms with Gasteiger partial charge in [0.1, 0.15) is 0 Å². The number of hydrogen-bond acceptors (Lipinski definition) is 4. The molecule has 1 aromatic carbocycles. The average Bonchev–Trinajstić information content (AvgIpc) is 2.23. The second-order valence-corrected chi connectivity index (χ2v) is 5.60. The monoisotopic (exact) mass is 242 g/mol. The Morgan fingerprint density at radius 1 is 1.20 bits per heavy atom. The van der Waals surface area contributed by atoms with Crippen molar-refractivity contribution in [1.29, 1.82) is 0 Å². The van der Waals surface area contributed by atoms with Gasteiger partial charge in [0.2, 0.25) is 0 Å². The van der Waals surface area contributed by atoms with E-state index in [4.69, 9.17) is 5.11 Å². The van der Waals surface area contributed by atoms with Crippen molar-refractivity contribution in [3.8, 4) is 11.5 Å². The standard InChI is InChI=1S/C11H14O2S2/c1-2-6-14-15-7-5-9-3-4-10(12)11(13)8-9/h2-4,8,12-13H,1,5-7H2. The van der Waals surface area contributed by atoms with Crippen molar-refractivity contribution in [2.24, 2.45) is 0 Å². The van der Waals surface area contributed by atoms with Crippen molar-refractivity contribution >= 4 is 21.6 Å². The first-order chi connectivity index (χ1) is 7.24. The Hall–Kier alpha value is -0.740. The van der Waals surface area contributed by atoms with Crippen molar-refractivity contribution in [3.63, 3.8) is 0 Å². The summed E-state index contributed by atoms with van der Waals surface area (Å²) in [6.07, 6.45) is 2.77. The van der Waals surface area contributed by atoms with Crippen molar-refractivity contribution in [1.82, 2.24) is 0 Å². The van der Waals surface area contributed by atoms with Crippen LogP contribution in [-0.4, -0.2) is 21.7 Å².